The first kappa shape index (κ1) is 19.6. The lowest BCUT2D eigenvalue weighted by atomic mass is 9.95. The second-order valence-corrected chi connectivity index (χ2v) is 7.63. The van der Waals surface area contributed by atoms with Crippen molar-refractivity contribution in [3.63, 3.8) is 0 Å². The van der Waals surface area contributed by atoms with Gasteiger partial charge in [0, 0.05) is 28.9 Å². The highest BCUT2D eigenvalue weighted by molar-refractivity contribution is 6.11. The number of aromatic amines is 1. The van der Waals surface area contributed by atoms with Crippen molar-refractivity contribution < 1.29 is 14.1 Å². The zero-order valence-electron chi connectivity index (χ0n) is 16.9. The van der Waals surface area contributed by atoms with Gasteiger partial charge in [0.1, 0.15) is 11.5 Å². The quantitative estimate of drug-likeness (QED) is 0.358. The molecule has 0 fully saturated rings. The number of fused-ring (bicyclic) bond motifs is 1. The van der Waals surface area contributed by atoms with Crippen LogP contribution in [0.25, 0.3) is 11.3 Å². The molecule has 1 amide bonds. The topological polar surface area (TPSA) is 92.1 Å². The number of carbonyl (C=O) groups is 1. The number of hydrogen-bond acceptors (Lipinski definition) is 4. The number of nitrogens with one attached hydrogen (secondary N) is 1. The van der Waals surface area contributed by atoms with Gasteiger partial charge in [0.25, 0.3) is 11.6 Å². The lowest BCUT2D eigenvalue weighted by molar-refractivity contribution is -0.384. The van der Waals surface area contributed by atoms with Gasteiger partial charge in [-0.1, -0.05) is 29.8 Å². The van der Waals surface area contributed by atoms with Crippen molar-refractivity contribution in [1.29, 1.82) is 0 Å². The predicted octanol–water partition coefficient (Wildman–Crippen LogP) is 5.18. The number of benzene rings is 3. The minimum absolute atomic E-state index is 0.0439. The van der Waals surface area contributed by atoms with Gasteiger partial charge in [-0.05, 0) is 48.9 Å². The molecule has 8 heteroatoms. The summed E-state index contributed by atoms with van der Waals surface area (Å²) in [6, 6.07) is 19.0. The van der Waals surface area contributed by atoms with Crippen LogP contribution in [0.2, 0.25) is 0 Å². The van der Waals surface area contributed by atoms with Crippen LogP contribution in [0.4, 0.5) is 15.8 Å². The fourth-order valence-electron chi connectivity index (χ4n) is 4.04. The standard InChI is InChI=1S/C24H17FN4O3/c1-14-2-4-15(5-3-14)21-20-22(27-26-21)24(30)28(18-12-8-17(25)9-13-18)23(20)16-6-10-19(11-7-16)29(31)32/h2-13,23H,1H3,(H,26,27). The Morgan fingerprint density at radius 2 is 1.66 bits per heavy atom. The molecule has 0 bridgehead atoms. The zero-order chi connectivity index (χ0) is 22.4. The van der Waals surface area contributed by atoms with Crippen molar-refractivity contribution in [2.24, 2.45) is 0 Å². The number of anilines is 1. The Morgan fingerprint density at radius 3 is 2.28 bits per heavy atom. The van der Waals surface area contributed by atoms with E-state index in [2.05, 4.69) is 10.2 Å². The van der Waals surface area contributed by atoms with Crippen LogP contribution in [0.1, 0.15) is 33.2 Å². The van der Waals surface area contributed by atoms with Crippen LogP contribution in [-0.2, 0) is 0 Å². The molecule has 0 saturated carbocycles. The Morgan fingerprint density at radius 1 is 1.00 bits per heavy atom. The number of rotatable bonds is 4. The van der Waals surface area contributed by atoms with Gasteiger partial charge in [-0.25, -0.2) is 4.39 Å². The molecular formula is C24H17FN4O3. The van der Waals surface area contributed by atoms with E-state index in [1.54, 1.807) is 17.0 Å². The number of H-pyrrole nitrogens is 1. The summed E-state index contributed by atoms with van der Waals surface area (Å²) in [5.41, 5.74) is 4.73. The molecule has 5 rings (SSSR count). The lowest BCUT2D eigenvalue weighted by Crippen LogP contribution is -2.29. The van der Waals surface area contributed by atoms with E-state index in [4.69, 9.17) is 0 Å². The average Bonchev–Trinajstić information content (AvgIpc) is 3.34. The molecule has 3 aromatic carbocycles. The maximum atomic E-state index is 13.5. The van der Waals surface area contributed by atoms with E-state index in [0.29, 0.717) is 28.2 Å². The Bertz CT molecular complexity index is 1330. The molecule has 1 N–H and O–H groups in total. The van der Waals surface area contributed by atoms with Crippen molar-refractivity contribution in [3.8, 4) is 11.3 Å². The predicted molar refractivity (Wildman–Crippen MR) is 117 cm³/mol. The number of hydrogen-bond donors (Lipinski definition) is 1. The highest BCUT2D eigenvalue weighted by Gasteiger charge is 2.43. The molecular weight excluding hydrogens is 411 g/mol. The van der Waals surface area contributed by atoms with E-state index < -0.39 is 16.8 Å². The van der Waals surface area contributed by atoms with Crippen LogP contribution in [0.3, 0.4) is 0 Å². The van der Waals surface area contributed by atoms with Crippen LogP contribution < -0.4 is 4.90 Å². The minimum atomic E-state index is -0.584. The summed E-state index contributed by atoms with van der Waals surface area (Å²) in [7, 11) is 0. The number of nitro benzene ring substituents is 1. The maximum Gasteiger partial charge on any atom is 0.277 e. The van der Waals surface area contributed by atoms with Crippen LogP contribution in [0.15, 0.2) is 72.8 Å². The monoisotopic (exact) mass is 428 g/mol. The van der Waals surface area contributed by atoms with Crippen LogP contribution >= 0.6 is 0 Å². The molecule has 7 nitrogen and oxygen atoms in total. The van der Waals surface area contributed by atoms with Crippen molar-refractivity contribution >= 4 is 17.3 Å². The molecule has 158 valence electrons. The van der Waals surface area contributed by atoms with Gasteiger partial charge in [0.2, 0.25) is 0 Å². The molecule has 1 aliphatic heterocycles. The Balaban J connectivity index is 1.70. The zero-order valence-corrected chi connectivity index (χ0v) is 16.9. The molecule has 1 unspecified atom stereocenters. The van der Waals surface area contributed by atoms with E-state index in [1.165, 1.54) is 36.4 Å². The van der Waals surface area contributed by atoms with Gasteiger partial charge in [0.05, 0.1) is 16.7 Å². The molecule has 4 aromatic rings. The third-order valence-electron chi connectivity index (χ3n) is 5.62. The van der Waals surface area contributed by atoms with Gasteiger partial charge in [-0.15, -0.1) is 0 Å². The third kappa shape index (κ3) is 3.13. The molecule has 1 atom stereocenters. The van der Waals surface area contributed by atoms with Gasteiger partial charge < -0.3 is 0 Å². The molecule has 0 spiro atoms. The molecule has 0 radical (unpaired) electrons. The first-order chi connectivity index (χ1) is 15.4. The van der Waals surface area contributed by atoms with Gasteiger partial charge >= 0.3 is 0 Å². The van der Waals surface area contributed by atoms with Crippen molar-refractivity contribution in [1.82, 2.24) is 10.2 Å². The molecule has 0 saturated heterocycles. The second kappa shape index (κ2) is 7.42. The molecule has 1 aliphatic rings. The number of halogens is 1. The summed E-state index contributed by atoms with van der Waals surface area (Å²) in [5, 5.41) is 18.4. The Kier molecular flexibility index (Phi) is 4.55. The maximum absolute atomic E-state index is 13.5. The highest BCUT2D eigenvalue weighted by Crippen LogP contribution is 2.45. The molecule has 1 aromatic heterocycles. The van der Waals surface area contributed by atoms with E-state index in [1.807, 2.05) is 31.2 Å². The lowest BCUT2D eigenvalue weighted by Gasteiger charge is -2.26. The summed E-state index contributed by atoms with van der Waals surface area (Å²) < 4.78 is 13.5. The first-order valence-corrected chi connectivity index (χ1v) is 9.93. The number of amides is 1. The number of aromatic nitrogens is 2. The minimum Gasteiger partial charge on any atom is -0.295 e. The summed E-state index contributed by atoms with van der Waals surface area (Å²) in [6.45, 7) is 1.98. The second-order valence-electron chi connectivity index (χ2n) is 7.63. The van der Waals surface area contributed by atoms with E-state index in [9.17, 15) is 19.3 Å². The fourth-order valence-corrected chi connectivity index (χ4v) is 4.04. The SMILES string of the molecule is Cc1ccc(-c2n[nH]c3c2C(c2ccc([N+](=O)[O-])cc2)N(c2ccc(F)cc2)C3=O)cc1. The third-order valence-corrected chi connectivity index (χ3v) is 5.62. The smallest absolute Gasteiger partial charge is 0.277 e. The summed E-state index contributed by atoms with van der Waals surface area (Å²) in [4.78, 5) is 25.6. The summed E-state index contributed by atoms with van der Waals surface area (Å²) in [5.74, 6) is -0.714. The van der Waals surface area contributed by atoms with Crippen molar-refractivity contribution in [2.75, 3.05) is 4.90 Å². The number of nitro groups is 1. The fraction of sp³-hybridized carbons (Fsp3) is 0.0833. The average molecular weight is 428 g/mol. The summed E-state index contributed by atoms with van der Waals surface area (Å²) in [6.07, 6.45) is 0. The number of carbonyl (C=O) groups excluding carboxylic acids is 1. The van der Waals surface area contributed by atoms with Gasteiger partial charge in [-0.2, -0.15) is 5.10 Å². The van der Waals surface area contributed by atoms with Gasteiger partial charge in [0.15, 0.2) is 0 Å². The number of aryl methyl sites for hydroxylation is 1. The van der Waals surface area contributed by atoms with E-state index in [-0.39, 0.29) is 11.6 Å². The Hall–Kier alpha value is -4.33. The van der Waals surface area contributed by atoms with Crippen LogP contribution in [0, 0.1) is 22.9 Å². The largest absolute Gasteiger partial charge is 0.295 e. The van der Waals surface area contributed by atoms with Crippen molar-refractivity contribution in [2.45, 2.75) is 13.0 Å². The van der Waals surface area contributed by atoms with E-state index >= 15 is 0 Å². The molecule has 2 heterocycles. The summed E-state index contributed by atoms with van der Waals surface area (Å²) >= 11 is 0. The first-order valence-electron chi connectivity index (χ1n) is 9.93. The van der Waals surface area contributed by atoms with Crippen molar-refractivity contribution in [3.05, 3.63) is 111 Å². The Labute approximate surface area is 182 Å². The van der Waals surface area contributed by atoms with Crippen LogP contribution in [-0.4, -0.2) is 21.0 Å². The van der Waals surface area contributed by atoms with Crippen LogP contribution in [0.5, 0.6) is 0 Å². The number of non-ortho nitro benzene ring substituents is 1. The van der Waals surface area contributed by atoms with Gasteiger partial charge in [-0.3, -0.25) is 24.9 Å². The molecule has 32 heavy (non-hydrogen) atoms. The normalized spacial score (nSPS) is 15.1. The highest BCUT2D eigenvalue weighted by atomic mass is 19.1. The molecule has 0 aliphatic carbocycles. The van der Waals surface area contributed by atoms with E-state index in [0.717, 1.165) is 11.1 Å². The number of nitrogens with zero attached hydrogens (tertiary/aromatic N) is 3.